The summed E-state index contributed by atoms with van der Waals surface area (Å²) in [6.07, 6.45) is 0. The van der Waals surface area contributed by atoms with Crippen LogP contribution in [-0.4, -0.2) is 54.3 Å². The Kier molecular flexibility index (Phi) is 7.93. The van der Waals surface area contributed by atoms with Gasteiger partial charge in [-0.2, -0.15) is 19.9 Å². The van der Waals surface area contributed by atoms with Crippen molar-refractivity contribution < 1.29 is 58.4 Å². The van der Waals surface area contributed by atoms with Gasteiger partial charge in [-0.05, 0) is 0 Å². The molecule has 3 aromatic rings. The Morgan fingerprint density at radius 1 is 0.733 bits per heavy atom. The second-order valence-corrected chi connectivity index (χ2v) is 5.57. The summed E-state index contributed by atoms with van der Waals surface area (Å²) in [5.41, 5.74) is 0.174. The van der Waals surface area contributed by atoms with Crippen LogP contribution in [0.3, 0.4) is 0 Å². The zero-order valence-corrected chi connectivity index (χ0v) is 19.1. The van der Waals surface area contributed by atoms with E-state index in [9.17, 15) is 9.90 Å². The number of aromatic carboxylic acids is 1. The Bertz CT molecular complexity index is 945. The maximum Gasteiger partial charge on any atom is 1.00 e. The molecular weight excluding hydrogens is 403 g/mol. The van der Waals surface area contributed by atoms with Gasteiger partial charge in [0.15, 0.2) is 11.6 Å². The predicted octanol–water partition coefficient (Wildman–Crippen LogP) is -2.00. The zero-order chi connectivity index (χ0) is 21.0. The van der Waals surface area contributed by atoms with Crippen LogP contribution in [-0.2, 0) is 0 Å². The molecule has 2 aromatic heterocycles. The fraction of sp³-hybridized carbons (Fsp3) is 0.211. The first-order valence-electron chi connectivity index (χ1n) is 8.30. The third-order valence-electron chi connectivity index (χ3n) is 3.95. The van der Waals surface area contributed by atoms with Crippen LogP contribution < -0.4 is 53.6 Å². The first-order chi connectivity index (χ1) is 14.0. The van der Waals surface area contributed by atoms with E-state index in [0.717, 1.165) is 0 Å². The van der Waals surface area contributed by atoms with Crippen molar-refractivity contribution in [3.63, 3.8) is 0 Å². The number of methoxy groups -OCH3 is 4. The molecule has 1 aromatic carbocycles. The molecule has 3 rings (SSSR count). The molecule has 0 aliphatic rings. The van der Waals surface area contributed by atoms with Gasteiger partial charge in [0.1, 0.15) is 0 Å². The van der Waals surface area contributed by atoms with E-state index in [1.165, 1.54) is 40.6 Å². The van der Waals surface area contributed by atoms with E-state index in [4.69, 9.17) is 18.9 Å². The van der Waals surface area contributed by atoms with Gasteiger partial charge in [0.2, 0.25) is 23.5 Å². The molecule has 11 heteroatoms. The van der Waals surface area contributed by atoms with E-state index >= 15 is 0 Å². The number of rotatable bonds is 7. The van der Waals surface area contributed by atoms with Crippen molar-refractivity contribution in [2.45, 2.75) is 0 Å². The summed E-state index contributed by atoms with van der Waals surface area (Å²) in [6.45, 7) is 0. The number of carbonyl (C=O) groups is 1. The minimum atomic E-state index is -1.45. The third-order valence-corrected chi connectivity index (χ3v) is 3.95. The van der Waals surface area contributed by atoms with Crippen LogP contribution in [0.4, 0.5) is 0 Å². The van der Waals surface area contributed by atoms with E-state index in [0.29, 0.717) is 0 Å². The van der Waals surface area contributed by atoms with E-state index < -0.39 is 5.97 Å². The number of carboxylic acid groups (broad SMARTS) is 1. The molecule has 0 aliphatic carbocycles. The van der Waals surface area contributed by atoms with E-state index in [1.807, 2.05) is 0 Å². The molecule has 2 heterocycles. The number of benzene rings is 1. The zero-order valence-electron chi connectivity index (χ0n) is 17.1. The predicted molar refractivity (Wildman–Crippen MR) is 99.0 cm³/mol. The van der Waals surface area contributed by atoms with Gasteiger partial charge < -0.3 is 28.8 Å². The van der Waals surface area contributed by atoms with Gasteiger partial charge in [0.05, 0.1) is 46.5 Å². The summed E-state index contributed by atoms with van der Waals surface area (Å²) >= 11 is 0. The topological polar surface area (TPSA) is 129 Å². The molecule has 0 spiro atoms. The molecule has 0 saturated carbocycles. The molecular formula is C19H17N4NaO6. The number of carboxylic acids is 1. The van der Waals surface area contributed by atoms with Gasteiger partial charge in [-0.25, -0.2) is 0 Å². The number of aromatic nitrogens is 4. The van der Waals surface area contributed by atoms with Crippen molar-refractivity contribution in [3.05, 3.63) is 35.9 Å². The average Bonchev–Trinajstić information content (AvgIpc) is 2.77. The van der Waals surface area contributed by atoms with Gasteiger partial charge in [0.25, 0.3) is 0 Å². The summed E-state index contributed by atoms with van der Waals surface area (Å²) in [5.74, 6) is -0.455. The molecule has 10 nitrogen and oxygen atoms in total. The summed E-state index contributed by atoms with van der Waals surface area (Å²) in [6, 6.07) is 7.66. The van der Waals surface area contributed by atoms with Crippen molar-refractivity contribution in [2.24, 2.45) is 0 Å². The van der Waals surface area contributed by atoms with Crippen LogP contribution in [0.2, 0.25) is 0 Å². The third kappa shape index (κ3) is 4.78. The van der Waals surface area contributed by atoms with Crippen LogP contribution in [0.25, 0.3) is 22.8 Å². The minimum absolute atomic E-state index is 0. The first kappa shape index (κ1) is 23.3. The van der Waals surface area contributed by atoms with Crippen LogP contribution in [0.1, 0.15) is 10.4 Å². The van der Waals surface area contributed by atoms with Crippen molar-refractivity contribution in [1.82, 2.24) is 19.9 Å². The molecule has 0 saturated heterocycles. The smallest absolute Gasteiger partial charge is 0.545 e. The monoisotopic (exact) mass is 420 g/mol. The van der Waals surface area contributed by atoms with E-state index in [1.54, 1.807) is 18.2 Å². The summed E-state index contributed by atoms with van der Waals surface area (Å²) in [4.78, 5) is 28.9. The standard InChI is InChI=1S/C19H18N4O6.Na/c1-26-12-8-13(27-2)21-17(20-12)10-6-5-7-11(16(10)19(24)25)18-22-14(28-3)9-15(23-18)29-4;/h5-9H,1-4H3,(H,24,25);/q;+1/p-1. The van der Waals surface area contributed by atoms with Crippen LogP contribution in [0, 0.1) is 0 Å². The second kappa shape index (κ2) is 10.2. The number of hydrogen-bond acceptors (Lipinski definition) is 10. The van der Waals surface area contributed by atoms with Gasteiger partial charge in [-0.15, -0.1) is 0 Å². The Balaban J connectivity index is 0.00000320. The normalized spacial score (nSPS) is 10.0. The van der Waals surface area contributed by atoms with Crippen LogP contribution in [0.5, 0.6) is 23.5 Å². The van der Waals surface area contributed by atoms with Gasteiger partial charge in [0, 0.05) is 16.7 Å². The van der Waals surface area contributed by atoms with Crippen LogP contribution in [0.15, 0.2) is 30.3 Å². The summed E-state index contributed by atoms with van der Waals surface area (Å²) < 4.78 is 20.6. The molecule has 0 unspecified atom stereocenters. The maximum atomic E-state index is 12.1. The number of carbonyl (C=O) groups excluding carboxylic acids is 1. The van der Waals surface area contributed by atoms with Crippen LogP contribution >= 0.6 is 0 Å². The number of nitrogens with zero attached hydrogens (tertiary/aromatic N) is 4. The molecule has 0 N–H and O–H groups in total. The van der Waals surface area contributed by atoms with Crippen molar-refractivity contribution in [2.75, 3.05) is 28.4 Å². The second-order valence-electron chi connectivity index (χ2n) is 5.57. The average molecular weight is 420 g/mol. The molecule has 0 radical (unpaired) electrons. The minimum Gasteiger partial charge on any atom is -0.545 e. The summed E-state index contributed by atoms with van der Waals surface area (Å²) in [5, 5.41) is 12.1. The van der Waals surface area contributed by atoms with Gasteiger partial charge >= 0.3 is 29.6 Å². The number of ether oxygens (including phenoxy) is 4. The Hall–Kier alpha value is -2.95. The Morgan fingerprint density at radius 3 is 1.33 bits per heavy atom. The fourth-order valence-electron chi connectivity index (χ4n) is 2.61. The Labute approximate surface area is 194 Å². The van der Waals surface area contributed by atoms with E-state index in [2.05, 4.69) is 19.9 Å². The van der Waals surface area contributed by atoms with Crippen molar-refractivity contribution >= 4 is 5.97 Å². The largest absolute Gasteiger partial charge is 1.00 e. The molecule has 0 aliphatic heterocycles. The SMILES string of the molecule is COc1cc(OC)nc(-c2cccc(-c3nc(OC)cc(OC)n3)c2C(=O)[O-])n1.[Na+]. The fourth-order valence-corrected chi connectivity index (χ4v) is 2.61. The molecule has 0 fully saturated rings. The maximum absolute atomic E-state index is 12.1. The molecule has 0 atom stereocenters. The molecule has 30 heavy (non-hydrogen) atoms. The quantitative estimate of drug-likeness (QED) is 0.396. The van der Waals surface area contributed by atoms with Gasteiger partial charge in [-0.3, -0.25) is 0 Å². The first-order valence-corrected chi connectivity index (χ1v) is 8.30. The van der Waals surface area contributed by atoms with Crippen molar-refractivity contribution in [3.8, 4) is 46.3 Å². The molecule has 150 valence electrons. The van der Waals surface area contributed by atoms with Crippen molar-refractivity contribution in [1.29, 1.82) is 0 Å². The number of hydrogen-bond donors (Lipinski definition) is 0. The molecule has 0 amide bonds. The van der Waals surface area contributed by atoms with E-state index in [-0.39, 0.29) is 81.4 Å². The molecule has 0 bridgehead atoms. The van der Waals surface area contributed by atoms with Gasteiger partial charge in [-0.1, -0.05) is 18.2 Å². The summed E-state index contributed by atoms with van der Waals surface area (Å²) in [7, 11) is 5.71. The Morgan fingerprint density at radius 2 is 1.07 bits per heavy atom.